The van der Waals surface area contributed by atoms with Crippen molar-refractivity contribution in [3.63, 3.8) is 0 Å². The van der Waals surface area contributed by atoms with Crippen LogP contribution in [0.4, 0.5) is 0 Å². The third-order valence-corrected chi connectivity index (χ3v) is 1.79. The molecule has 0 aliphatic rings. The highest BCUT2D eigenvalue weighted by molar-refractivity contribution is 4.81. The first-order valence-electron chi connectivity index (χ1n) is 4.74. The van der Waals surface area contributed by atoms with Crippen molar-refractivity contribution in [1.29, 1.82) is 0 Å². The molecule has 0 radical (unpaired) electrons. The second-order valence-electron chi connectivity index (χ2n) is 2.94. The third-order valence-electron chi connectivity index (χ3n) is 1.79. The van der Waals surface area contributed by atoms with Crippen molar-refractivity contribution in [2.24, 2.45) is 0 Å². The summed E-state index contributed by atoms with van der Waals surface area (Å²) < 4.78 is 5.52. The van der Waals surface area contributed by atoms with Crippen molar-refractivity contribution in [3.05, 3.63) is 33.1 Å². The van der Waals surface area contributed by atoms with Gasteiger partial charge in [0, 0.05) is 19.4 Å². The number of rotatable bonds is 4. The summed E-state index contributed by atoms with van der Waals surface area (Å²) in [7, 11) is 1.44. The van der Waals surface area contributed by atoms with E-state index in [4.69, 9.17) is 15.3 Å². The van der Waals surface area contributed by atoms with E-state index < -0.39 is 24.1 Å². The van der Waals surface area contributed by atoms with Crippen LogP contribution >= 0.6 is 0 Å². The molecule has 1 heterocycles. The predicted molar refractivity (Wildman–Crippen MR) is 58.5 cm³/mol. The number of aromatic amines is 1. The SMILES string of the molecule is COC(CO)CO.O=c1ccn(CO)c(=O)[nH]1. The van der Waals surface area contributed by atoms with Crippen LogP contribution in [0.1, 0.15) is 0 Å². The van der Waals surface area contributed by atoms with E-state index in [-0.39, 0.29) is 13.2 Å². The number of aliphatic hydroxyl groups excluding tert-OH is 3. The van der Waals surface area contributed by atoms with Crippen LogP contribution in [-0.4, -0.2) is 51.3 Å². The summed E-state index contributed by atoms with van der Waals surface area (Å²) in [4.78, 5) is 23.0. The van der Waals surface area contributed by atoms with Gasteiger partial charge in [0.25, 0.3) is 5.56 Å². The summed E-state index contributed by atoms with van der Waals surface area (Å²) >= 11 is 0. The normalized spacial score (nSPS) is 9.94. The molecule has 0 atom stereocenters. The van der Waals surface area contributed by atoms with E-state index >= 15 is 0 Å². The average Bonchev–Trinajstić information content (AvgIpc) is 2.32. The zero-order valence-corrected chi connectivity index (χ0v) is 9.37. The molecule has 0 aromatic carbocycles. The fourth-order valence-electron chi connectivity index (χ4n) is 0.762. The van der Waals surface area contributed by atoms with Crippen LogP contribution < -0.4 is 11.2 Å². The van der Waals surface area contributed by atoms with Crippen molar-refractivity contribution >= 4 is 0 Å². The largest absolute Gasteiger partial charge is 0.394 e. The number of hydrogen-bond acceptors (Lipinski definition) is 6. The Morgan fingerprint density at radius 3 is 2.24 bits per heavy atom. The van der Waals surface area contributed by atoms with Crippen LogP contribution in [0, 0.1) is 0 Å². The van der Waals surface area contributed by atoms with Gasteiger partial charge in [-0.25, -0.2) is 4.79 Å². The van der Waals surface area contributed by atoms with Gasteiger partial charge in [-0.15, -0.1) is 0 Å². The lowest BCUT2D eigenvalue weighted by Gasteiger charge is -2.05. The Labute approximate surface area is 96.7 Å². The number of nitrogens with zero attached hydrogens (tertiary/aromatic N) is 1. The average molecular weight is 248 g/mol. The quantitative estimate of drug-likeness (QED) is 0.466. The van der Waals surface area contributed by atoms with Gasteiger partial charge in [-0.1, -0.05) is 0 Å². The Morgan fingerprint density at radius 2 is 1.94 bits per heavy atom. The monoisotopic (exact) mass is 248 g/mol. The second-order valence-corrected chi connectivity index (χ2v) is 2.94. The molecule has 0 aliphatic carbocycles. The van der Waals surface area contributed by atoms with Crippen LogP contribution in [0.25, 0.3) is 0 Å². The minimum atomic E-state index is -0.602. The molecule has 0 fully saturated rings. The summed E-state index contributed by atoms with van der Waals surface area (Å²) in [6.07, 6.45) is 0.821. The van der Waals surface area contributed by atoms with Gasteiger partial charge < -0.3 is 20.1 Å². The van der Waals surface area contributed by atoms with Gasteiger partial charge in [-0.3, -0.25) is 14.3 Å². The maximum Gasteiger partial charge on any atom is 0.330 e. The molecule has 17 heavy (non-hydrogen) atoms. The number of methoxy groups -OCH3 is 1. The van der Waals surface area contributed by atoms with E-state index in [0.29, 0.717) is 0 Å². The molecule has 0 saturated heterocycles. The molecule has 1 aromatic heterocycles. The highest BCUT2D eigenvalue weighted by atomic mass is 16.5. The third kappa shape index (κ3) is 5.97. The standard InChI is InChI=1S/C5H6N2O3.C4H10O3/c8-3-7-2-1-4(9)6-5(7)10;1-7-4(2-5)3-6/h1-2,8H,3H2,(H,6,9,10);4-6H,2-3H2,1H3. The topological polar surface area (TPSA) is 125 Å². The fraction of sp³-hybridized carbons (Fsp3) is 0.556. The molecule has 8 heteroatoms. The fourth-order valence-corrected chi connectivity index (χ4v) is 0.762. The molecule has 1 rings (SSSR count). The summed E-state index contributed by atoms with van der Waals surface area (Å²) in [6, 6.07) is 1.16. The molecular formula is C9H16N2O6. The lowest BCUT2D eigenvalue weighted by Crippen LogP contribution is -2.28. The Bertz CT molecular complexity index is 403. The molecular weight excluding hydrogens is 232 g/mol. The van der Waals surface area contributed by atoms with E-state index in [1.165, 1.54) is 13.3 Å². The van der Waals surface area contributed by atoms with E-state index in [0.717, 1.165) is 10.6 Å². The van der Waals surface area contributed by atoms with Crippen LogP contribution in [-0.2, 0) is 11.5 Å². The van der Waals surface area contributed by atoms with Crippen molar-refractivity contribution < 1.29 is 20.1 Å². The van der Waals surface area contributed by atoms with Gasteiger partial charge >= 0.3 is 5.69 Å². The summed E-state index contributed by atoms with van der Waals surface area (Å²) in [5.74, 6) is 0. The lowest BCUT2D eigenvalue weighted by atomic mass is 10.4. The molecule has 8 nitrogen and oxygen atoms in total. The van der Waals surface area contributed by atoms with Gasteiger partial charge in [-0.2, -0.15) is 0 Å². The Hall–Kier alpha value is -1.48. The first kappa shape index (κ1) is 15.5. The van der Waals surface area contributed by atoms with Gasteiger partial charge in [0.05, 0.1) is 13.2 Å². The maximum absolute atomic E-state index is 10.6. The number of nitrogens with one attached hydrogen (secondary N) is 1. The number of H-pyrrole nitrogens is 1. The summed E-state index contributed by atoms with van der Waals surface area (Å²) in [5, 5.41) is 24.9. The summed E-state index contributed by atoms with van der Waals surface area (Å²) in [5.41, 5.74) is -1.07. The first-order chi connectivity index (χ1) is 8.08. The van der Waals surface area contributed by atoms with E-state index in [1.807, 2.05) is 4.98 Å². The lowest BCUT2D eigenvalue weighted by molar-refractivity contribution is 0.00933. The van der Waals surface area contributed by atoms with Crippen molar-refractivity contribution in [3.8, 4) is 0 Å². The van der Waals surface area contributed by atoms with Crippen molar-refractivity contribution in [2.45, 2.75) is 12.8 Å². The van der Waals surface area contributed by atoms with E-state index in [9.17, 15) is 9.59 Å². The minimum absolute atomic E-state index is 0.118. The second kappa shape index (κ2) is 8.65. The molecule has 1 aromatic rings. The van der Waals surface area contributed by atoms with E-state index in [1.54, 1.807) is 0 Å². The number of hydrogen-bond donors (Lipinski definition) is 4. The first-order valence-corrected chi connectivity index (χ1v) is 4.74. The van der Waals surface area contributed by atoms with Crippen LogP contribution in [0.15, 0.2) is 21.9 Å². The van der Waals surface area contributed by atoms with Crippen LogP contribution in [0.3, 0.4) is 0 Å². The minimum Gasteiger partial charge on any atom is -0.394 e. The van der Waals surface area contributed by atoms with Gasteiger partial charge in [0.1, 0.15) is 12.8 Å². The Balaban J connectivity index is 0.000000325. The molecule has 0 bridgehead atoms. The van der Waals surface area contributed by atoms with Gasteiger partial charge in [0.2, 0.25) is 0 Å². The zero-order chi connectivity index (χ0) is 13.3. The Morgan fingerprint density at radius 1 is 1.35 bits per heavy atom. The van der Waals surface area contributed by atoms with Crippen molar-refractivity contribution in [2.75, 3.05) is 20.3 Å². The molecule has 4 N–H and O–H groups in total. The molecule has 0 aliphatic heterocycles. The summed E-state index contributed by atoms with van der Waals surface area (Å²) in [6.45, 7) is -0.657. The molecule has 98 valence electrons. The highest BCUT2D eigenvalue weighted by Gasteiger charge is 1.99. The van der Waals surface area contributed by atoms with Crippen LogP contribution in [0.2, 0.25) is 0 Å². The van der Waals surface area contributed by atoms with E-state index in [2.05, 4.69) is 4.74 Å². The maximum atomic E-state index is 10.6. The molecule has 0 saturated carbocycles. The van der Waals surface area contributed by atoms with Crippen LogP contribution in [0.5, 0.6) is 0 Å². The molecule has 0 spiro atoms. The van der Waals surface area contributed by atoms with Gasteiger partial charge in [-0.05, 0) is 0 Å². The highest BCUT2D eigenvalue weighted by Crippen LogP contribution is 1.82. The molecule has 0 amide bonds. The zero-order valence-electron chi connectivity index (χ0n) is 9.37. The predicted octanol–water partition coefficient (Wildman–Crippen LogP) is -2.53. The smallest absolute Gasteiger partial charge is 0.330 e. The Kier molecular flexibility index (Phi) is 7.89. The van der Waals surface area contributed by atoms with Gasteiger partial charge in [0.15, 0.2) is 0 Å². The number of aromatic nitrogens is 2. The molecule has 0 unspecified atom stereocenters. The van der Waals surface area contributed by atoms with Crippen molar-refractivity contribution in [1.82, 2.24) is 9.55 Å². The number of aliphatic hydroxyl groups is 3. The number of ether oxygens (including phenoxy) is 1.